The smallest absolute Gasteiger partial charge is 0.0998 e. The Morgan fingerprint density at radius 2 is 0.836 bits per heavy atom. The molecule has 3 heterocycles. The molecule has 0 bridgehead atoms. The Kier molecular flexibility index (Phi) is 8.58. The predicted octanol–water partition coefficient (Wildman–Crippen LogP) is 15.7. The second-order valence-corrected chi connectivity index (χ2v) is 17.1. The number of rotatable bonds is 6. The number of aromatic nitrogens is 3. The van der Waals surface area contributed by atoms with E-state index in [1.165, 1.54) is 10.8 Å². The number of hydrogen-bond acceptors (Lipinski definition) is 2. The average Bonchev–Trinajstić information content (AvgIpc) is 4.04. The molecule has 13 aromatic rings. The van der Waals surface area contributed by atoms with Gasteiger partial charge in [-0.15, -0.1) is 0 Å². The van der Waals surface area contributed by atoms with Gasteiger partial charge in [-0.2, -0.15) is 10.5 Å². The van der Waals surface area contributed by atoms with E-state index in [2.05, 4.69) is 220 Å². The van der Waals surface area contributed by atoms with Gasteiger partial charge in [0.05, 0.1) is 56.4 Å². The molecule has 10 aromatic carbocycles. The average molecular weight is 852 g/mol. The fourth-order valence-corrected chi connectivity index (χ4v) is 10.7. The van der Waals surface area contributed by atoms with E-state index in [-0.39, 0.29) is 0 Å². The maximum Gasteiger partial charge on any atom is 0.0998 e. The summed E-state index contributed by atoms with van der Waals surface area (Å²) in [6.45, 7) is 0. The van der Waals surface area contributed by atoms with Crippen LogP contribution in [0.3, 0.4) is 0 Å². The summed E-state index contributed by atoms with van der Waals surface area (Å²) < 4.78 is 7.25. The van der Waals surface area contributed by atoms with E-state index < -0.39 is 0 Å². The molecule has 3 aromatic heterocycles. The fourth-order valence-electron chi connectivity index (χ4n) is 10.7. The van der Waals surface area contributed by atoms with Gasteiger partial charge in [-0.05, 0) is 107 Å². The highest BCUT2D eigenvalue weighted by molar-refractivity contribution is 6.26. The molecule has 0 aliphatic carbocycles. The largest absolute Gasteiger partial charge is 0.309 e. The number of benzene rings is 10. The van der Waals surface area contributed by atoms with Crippen molar-refractivity contribution in [3.05, 3.63) is 236 Å². The molecule has 0 aliphatic rings. The quantitative estimate of drug-likeness (QED) is 0.167. The summed E-state index contributed by atoms with van der Waals surface area (Å²) >= 11 is 0. The lowest BCUT2D eigenvalue weighted by molar-refractivity contribution is 1.17. The third-order valence-corrected chi connectivity index (χ3v) is 13.5. The molecule has 0 amide bonds. The zero-order valence-corrected chi connectivity index (χ0v) is 36.1. The Morgan fingerprint density at radius 1 is 0.313 bits per heavy atom. The van der Waals surface area contributed by atoms with Crippen molar-refractivity contribution in [3.8, 4) is 62.6 Å². The van der Waals surface area contributed by atoms with Gasteiger partial charge < -0.3 is 13.7 Å². The van der Waals surface area contributed by atoms with Crippen molar-refractivity contribution < 1.29 is 0 Å². The van der Waals surface area contributed by atoms with Crippen molar-refractivity contribution in [1.82, 2.24) is 13.7 Å². The molecule has 67 heavy (non-hydrogen) atoms. The third-order valence-electron chi connectivity index (χ3n) is 13.5. The molecule has 0 saturated heterocycles. The first-order valence-corrected chi connectivity index (χ1v) is 22.5. The summed E-state index contributed by atoms with van der Waals surface area (Å²) in [6.07, 6.45) is 0. The molecular weight excluding hydrogens is 815 g/mol. The minimum absolute atomic E-state index is 0.448. The van der Waals surface area contributed by atoms with Crippen LogP contribution in [0.5, 0.6) is 0 Å². The molecule has 13 rings (SSSR count). The van der Waals surface area contributed by atoms with Crippen molar-refractivity contribution in [2.75, 3.05) is 0 Å². The van der Waals surface area contributed by atoms with Crippen molar-refractivity contribution in [3.63, 3.8) is 0 Å². The monoisotopic (exact) mass is 851 g/mol. The summed E-state index contributed by atoms with van der Waals surface area (Å²) in [5.41, 5.74) is 16.5. The highest BCUT2D eigenvalue weighted by atomic mass is 15.0. The van der Waals surface area contributed by atoms with Gasteiger partial charge in [-0.25, -0.2) is 0 Å². The number of nitriles is 2. The van der Waals surface area contributed by atoms with Crippen LogP contribution in [0, 0.1) is 22.7 Å². The molecular formula is C62H37N5. The van der Waals surface area contributed by atoms with E-state index in [9.17, 15) is 10.5 Å². The minimum atomic E-state index is 0.448. The molecule has 0 aliphatic heterocycles. The van der Waals surface area contributed by atoms with E-state index in [0.717, 1.165) is 105 Å². The summed E-state index contributed by atoms with van der Waals surface area (Å²) in [4.78, 5) is 0. The van der Waals surface area contributed by atoms with Gasteiger partial charge in [0.1, 0.15) is 0 Å². The second-order valence-electron chi connectivity index (χ2n) is 17.1. The van der Waals surface area contributed by atoms with Gasteiger partial charge in [-0.1, -0.05) is 146 Å². The lowest BCUT2D eigenvalue weighted by atomic mass is 9.85. The fraction of sp³-hybridized carbons (Fsp3) is 0. The predicted molar refractivity (Wildman–Crippen MR) is 275 cm³/mol. The Labute approximate surface area is 386 Å². The van der Waals surface area contributed by atoms with E-state index in [1.54, 1.807) is 6.07 Å². The van der Waals surface area contributed by atoms with Crippen LogP contribution in [0.4, 0.5) is 0 Å². The van der Waals surface area contributed by atoms with E-state index in [0.29, 0.717) is 11.1 Å². The third kappa shape index (κ3) is 5.79. The van der Waals surface area contributed by atoms with Crippen LogP contribution >= 0.6 is 0 Å². The molecule has 0 N–H and O–H groups in total. The van der Waals surface area contributed by atoms with Crippen molar-refractivity contribution in [1.29, 1.82) is 10.5 Å². The van der Waals surface area contributed by atoms with Gasteiger partial charge >= 0.3 is 0 Å². The summed E-state index contributed by atoms with van der Waals surface area (Å²) in [6, 6.07) is 83.9. The van der Waals surface area contributed by atoms with Crippen LogP contribution in [0.25, 0.3) is 116 Å². The first-order chi connectivity index (χ1) is 33.2. The van der Waals surface area contributed by atoms with Gasteiger partial charge in [0.2, 0.25) is 0 Å². The Morgan fingerprint density at radius 3 is 1.45 bits per heavy atom. The van der Waals surface area contributed by atoms with E-state index >= 15 is 0 Å². The normalized spacial score (nSPS) is 11.6. The van der Waals surface area contributed by atoms with Gasteiger partial charge in [0.15, 0.2) is 0 Å². The maximum absolute atomic E-state index is 10.7. The second kappa shape index (κ2) is 15.1. The topological polar surface area (TPSA) is 62.4 Å². The molecule has 310 valence electrons. The van der Waals surface area contributed by atoms with Gasteiger partial charge in [0.25, 0.3) is 0 Å². The zero-order valence-electron chi connectivity index (χ0n) is 36.1. The lowest BCUT2D eigenvalue weighted by Crippen LogP contribution is -2.00. The van der Waals surface area contributed by atoms with Crippen LogP contribution in [0.15, 0.2) is 224 Å². The van der Waals surface area contributed by atoms with Crippen LogP contribution in [-0.4, -0.2) is 13.7 Å². The summed E-state index contributed by atoms with van der Waals surface area (Å²) in [5, 5.41) is 27.6. The van der Waals surface area contributed by atoms with Gasteiger partial charge in [0, 0.05) is 54.9 Å². The first kappa shape index (κ1) is 38.1. The van der Waals surface area contributed by atoms with Crippen molar-refractivity contribution in [2.24, 2.45) is 0 Å². The van der Waals surface area contributed by atoms with Crippen molar-refractivity contribution in [2.45, 2.75) is 0 Å². The molecule has 0 unspecified atom stereocenters. The Balaban J connectivity index is 1.21. The molecule has 5 heteroatoms. The highest BCUT2D eigenvalue weighted by Crippen LogP contribution is 2.47. The molecule has 0 saturated carbocycles. The molecule has 0 spiro atoms. The zero-order chi connectivity index (χ0) is 44.6. The van der Waals surface area contributed by atoms with Crippen molar-refractivity contribution >= 4 is 65.4 Å². The summed E-state index contributed by atoms with van der Waals surface area (Å²) in [5.74, 6) is 0. The number of para-hydroxylation sites is 4. The summed E-state index contributed by atoms with van der Waals surface area (Å²) in [7, 11) is 0. The van der Waals surface area contributed by atoms with Crippen LogP contribution in [0.2, 0.25) is 0 Å². The number of fused-ring (bicyclic) bond motifs is 10. The SMILES string of the molecule is N#Cc1ccc(-c2c(-c3ccccc3)cc(-n3c4ccc(-n5c6ccccc6c6ccccc65)cc4c4ccc5c(c6ccccc6n5-c5ccccc5)c43)cc2-c2ccccc2)c(C#N)c1. The van der Waals surface area contributed by atoms with E-state index in [4.69, 9.17) is 0 Å². The van der Waals surface area contributed by atoms with Crippen LogP contribution in [-0.2, 0) is 0 Å². The Bertz CT molecular complexity index is 4100. The maximum atomic E-state index is 10.7. The number of nitrogens with zero attached hydrogens (tertiary/aromatic N) is 5. The van der Waals surface area contributed by atoms with Gasteiger partial charge in [-0.3, -0.25) is 0 Å². The highest BCUT2D eigenvalue weighted by Gasteiger charge is 2.25. The first-order valence-electron chi connectivity index (χ1n) is 22.5. The minimum Gasteiger partial charge on any atom is -0.309 e. The Hall–Kier alpha value is -9.42. The number of hydrogen-bond donors (Lipinski definition) is 0. The standard InChI is InChI=1S/C62H37N5/c63-38-40-28-30-47(43(34-40)39-64)60-52(41-16-4-1-5-17-41)36-46(37-53(60)42-18-6-2-7-19-42)67-58-32-29-45(66-55-25-13-10-22-48(55)49-23-11-14-26-56(49)66)35-54(58)50-31-33-59-61(62(50)67)51-24-12-15-27-57(51)65(59)44-20-8-3-9-21-44/h1-37H. The van der Waals surface area contributed by atoms with Crippen LogP contribution in [0.1, 0.15) is 11.1 Å². The molecule has 0 fully saturated rings. The molecule has 0 radical (unpaired) electrons. The molecule has 0 atom stereocenters. The molecule has 5 nitrogen and oxygen atoms in total. The lowest BCUT2D eigenvalue weighted by Gasteiger charge is -2.21. The van der Waals surface area contributed by atoms with E-state index in [1.807, 2.05) is 24.3 Å². The van der Waals surface area contributed by atoms with Crippen LogP contribution < -0.4 is 0 Å².